The molecule has 0 aromatic heterocycles. The molecule has 0 aliphatic heterocycles. The molecule has 44 heavy (non-hydrogen) atoms. The van der Waals surface area contributed by atoms with Gasteiger partial charge in [0.25, 0.3) is 5.91 Å². The maximum Gasteiger partial charge on any atom is 0.332 e. The van der Waals surface area contributed by atoms with E-state index in [0.29, 0.717) is 34.9 Å². The molecule has 9 heteroatoms. The van der Waals surface area contributed by atoms with Crippen LogP contribution in [-0.2, 0) is 19.1 Å². The number of benzene rings is 2. The molecule has 0 heterocycles. The Morgan fingerprint density at radius 3 is 2.25 bits per heavy atom. The van der Waals surface area contributed by atoms with Crippen LogP contribution < -0.4 is 4.74 Å². The summed E-state index contributed by atoms with van der Waals surface area (Å²) >= 11 is 6.22. The molecule has 0 radical (unpaired) electrons. The van der Waals surface area contributed by atoms with Crippen LogP contribution in [0.4, 0.5) is 0 Å². The van der Waals surface area contributed by atoms with Crippen LogP contribution in [0.1, 0.15) is 89.2 Å². The van der Waals surface area contributed by atoms with Crippen molar-refractivity contribution in [1.29, 1.82) is 5.26 Å². The highest BCUT2D eigenvalue weighted by Crippen LogP contribution is 2.58. The molecule has 0 spiro atoms. The summed E-state index contributed by atoms with van der Waals surface area (Å²) in [6.45, 7) is 14.1. The molecular weight excluding hydrogens is 580 g/mol. The van der Waals surface area contributed by atoms with Gasteiger partial charge in [-0.3, -0.25) is 9.63 Å². The van der Waals surface area contributed by atoms with Crippen LogP contribution in [0.3, 0.4) is 0 Å². The molecule has 3 rings (SSSR count). The van der Waals surface area contributed by atoms with Gasteiger partial charge in [0.05, 0.1) is 23.7 Å². The molecular formula is C35H43ClN2O6. The summed E-state index contributed by atoms with van der Waals surface area (Å²) in [5.41, 5.74) is 0.263. The van der Waals surface area contributed by atoms with E-state index in [1.54, 1.807) is 30.3 Å². The van der Waals surface area contributed by atoms with E-state index >= 15 is 0 Å². The third kappa shape index (κ3) is 8.54. The van der Waals surface area contributed by atoms with E-state index < -0.39 is 16.4 Å². The van der Waals surface area contributed by atoms with Crippen molar-refractivity contribution in [3.05, 3.63) is 64.2 Å². The Hall–Kier alpha value is -3.56. The Morgan fingerprint density at radius 2 is 1.68 bits per heavy atom. The van der Waals surface area contributed by atoms with E-state index in [2.05, 4.69) is 17.9 Å². The Morgan fingerprint density at radius 1 is 1.02 bits per heavy atom. The fraction of sp³-hybridized carbons (Fsp3) is 0.514. The lowest BCUT2D eigenvalue weighted by atomic mass is 9.49. The SMILES string of the molecule is CON(C(=O)c1ccc(C#CCCCCOCC(=O)OC(C)(C)C)cc1)C1C(C)(C)C(Oc2ccc(C#N)c(Cl)c2)C1(C)C. The van der Waals surface area contributed by atoms with E-state index in [1.807, 2.05) is 60.6 Å². The zero-order chi connectivity index (χ0) is 32.7. The maximum atomic E-state index is 13.6. The van der Waals surface area contributed by atoms with Crippen LogP contribution in [0.2, 0.25) is 5.02 Å². The number of amides is 1. The van der Waals surface area contributed by atoms with Crippen LogP contribution >= 0.6 is 11.6 Å². The molecule has 2 aromatic carbocycles. The normalized spacial score (nSPS) is 18.2. The van der Waals surface area contributed by atoms with E-state index in [-0.39, 0.29) is 30.6 Å². The van der Waals surface area contributed by atoms with Crippen LogP contribution in [0.5, 0.6) is 5.75 Å². The standard InChI is InChI=1S/C35H43ClN2O6/c1-33(2,3)44-29(39)23-42-20-12-10-9-11-13-24-14-16-25(17-15-24)30(40)38(41-8)31-34(4,5)32(35(31,6)7)43-27-19-18-26(22-37)28(36)21-27/h14-19,21,31-32H,9-10,12,20,23H2,1-8H3. The lowest BCUT2D eigenvalue weighted by Crippen LogP contribution is -2.75. The number of unbranched alkanes of at least 4 members (excludes halogenated alkanes) is 2. The number of carbonyl (C=O) groups excluding carboxylic acids is 2. The van der Waals surface area contributed by atoms with E-state index in [1.165, 1.54) is 12.2 Å². The largest absolute Gasteiger partial charge is 0.489 e. The van der Waals surface area contributed by atoms with Crippen molar-refractivity contribution in [2.24, 2.45) is 10.8 Å². The molecule has 1 aliphatic rings. The van der Waals surface area contributed by atoms with Gasteiger partial charge in [-0.05, 0) is 70.0 Å². The Bertz CT molecular complexity index is 1410. The van der Waals surface area contributed by atoms with Gasteiger partial charge < -0.3 is 14.2 Å². The van der Waals surface area contributed by atoms with Crippen LogP contribution in [0.15, 0.2) is 42.5 Å². The first-order chi connectivity index (χ1) is 20.6. The zero-order valence-electron chi connectivity index (χ0n) is 27.0. The number of carbonyl (C=O) groups is 2. The number of rotatable bonds is 11. The summed E-state index contributed by atoms with van der Waals surface area (Å²) in [4.78, 5) is 31.0. The van der Waals surface area contributed by atoms with Crippen molar-refractivity contribution in [2.75, 3.05) is 20.3 Å². The van der Waals surface area contributed by atoms with Gasteiger partial charge in [0, 0.05) is 41.1 Å². The third-order valence-corrected chi connectivity index (χ3v) is 7.86. The first kappa shape index (κ1) is 34.9. The van der Waals surface area contributed by atoms with Crippen molar-refractivity contribution in [1.82, 2.24) is 5.06 Å². The summed E-state index contributed by atoms with van der Waals surface area (Å²) in [5, 5.41) is 10.9. The number of halogens is 1. The Labute approximate surface area is 266 Å². The van der Waals surface area contributed by atoms with Crippen molar-refractivity contribution in [2.45, 2.75) is 85.5 Å². The van der Waals surface area contributed by atoms with E-state index in [4.69, 9.17) is 35.9 Å². The minimum absolute atomic E-state index is 0.0491. The van der Waals surface area contributed by atoms with Gasteiger partial charge in [0.1, 0.15) is 30.1 Å². The van der Waals surface area contributed by atoms with Gasteiger partial charge in [-0.1, -0.05) is 51.1 Å². The van der Waals surface area contributed by atoms with Crippen molar-refractivity contribution in [3.8, 4) is 23.7 Å². The summed E-state index contributed by atoms with van der Waals surface area (Å²) in [7, 11) is 1.50. The predicted octanol–water partition coefficient (Wildman–Crippen LogP) is 6.98. The smallest absolute Gasteiger partial charge is 0.332 e. The molecule has 8 nitrogen and oxygen atoms in total. The molecule has 1 saturated carbocycles. The summed E-state index contributed by atoms with van der Waals surface area (Å²) in [6.07, 6.45) is 2.08. The highest BCUT2D eigenvalue weighted by Gasteiger charge is 2.67. The van der Waals surface area contributed by atoms with Gasteiger partial charge in [-0.2, -0.15) is 5.26 Å². The number of nitriles is 1. The van der Waals surface area contributed by atoms with Crippen LogP contribution in [0, 0.1) is 34.0 Å². The predicted molar refractivity (Wildman–Crippen MR) is 169 cm³/mol. The molecule has 0 saturated heterocycles. The van der Waals surface area contributed by atoms with Crippen molar-refractivity contribution < 1.29 is 28.6 Å². The number of hydrogen-bond donors (Lipinski definition) is 0. The van der Waals surface area contributed by atoms with Crippen LogP contribution in [0.25, 0.3) is 0 Å². The zero-order valence-corrected chi connectivity index (χ0v) is 27.7. The fourth-order valence-electron chi connectivity index (χ4n) is 6.05. The van der Waals surface area contributed by atoms with Gasteiger partial charge in [-0.15, -0.1) is 0 Å². The second-order valence-electron chi connectivity index (χ2n) is 13.1. The number of hydroxylamine groups is 2. The van der Waals surface area contributed by atoms with Gasteiger partial charge in [0.2, 0.25) is 0 Å². The second kappa shape index (κ2) is 14.5. The molecule has 236 valence electrons. The Kier molecular flexibility index (Phi) is 11.5. The van der Waals surface area contributed by atoms with E-state index in [9.17, 15) is 9.59 Å². The van der Waals surface area contributed by atoms with Gasteiger partial charge >= 0.3 is 5.97 Å². The fourth-order valence-corrected chi connectivity index (χ4v) is 6.26. The summed E-state index contributed by atoms with van der Waals surface area (Å²) in [5.74, 6) is 6.24. The molecule has 1 fully saturated rings. The highest BCUT2D eigenvalue weighted by atomic mass is 35.5. The molecule has 0 N–H and O–H groups in total. The average Bonchev–Trinajstić information content (AvgIpc) is 2.94. The van der Waals surface area contributed by atoms with Gasteiger partial charge in [0.15, 0.2) is 0 Å². The first-order valence-electron chi connectivity index (χ1n) is 14.7. The van der Waals surface area contributed by atoms with Crippen LogP contribution in [-0.4, -0.2) is 55.0 Å². The summed E-state index contributed by atoms with van der Waals surface area (Å²) in [6, 6.07) is 14.0. The van der Waals surface area contributed by atoms with Gasteiger partial charge in [-0.25, -0.2) is 9.86 Å². The third-order valence-electron chi connectivity index (χ3n) is 7.55. The van der Waals surface area contributed by atoms with Crippen molar-refractivity contribution >= 4 is 23.5 Å². The molecule has 1 aliphatic carbocycles. The number of hydrogen-bond acceptors (Lipinski definition) is 7. The quantitative estimate of drug-likeness (QED) is 0.115. The Balaban J connectivity index is 1.54. The molecule has 0 atom stereocenters. The minimum atomic E-state index is -0.515. The minimum Gasteiger partial charge on any atom is -0.489 e. The van der Waals surface area contributed by atoms with Crippen molar-refractivity contribution in [3.63, 3.8) is 0 Å². The molecule has 0 bridgehead atoms. The molecule has 1 amide bonds. The first-order valence-corrected chi connectivity index (χ1v) is 15.1. The lowest BCUT2D eigenvalue weighted by Gasteiger charge is -2.64. The summed E-state index contributed by atoms with van der Waals surface area (Å²) < 4.78 is 17.0. The monoisotopic (exact) mass is 622 g/mol. The number of nitrogens with zero attached hydrogens (tertiary/aromatic N) is 2. The van der Waals surface area contributed by atoms with E-state index in [0.717, 1.165) is 18.4 Å². The molecule has 0 unspecified atom stereocenters. The number of esters is 1. The topological polar surface area (TPSA) is 98.1 Å². The maximum absolute atomic E-state index is 13.6. The lowest BCUT2D eigenvalue weighted by molar-refractivity contribution is -0.273. The molecule has 2 aromatic rings. The second-order valence-corrected chi connectivity index (χ2v) is 13.5. The average molecular weight is 623 g/mol. The highest BCUT2D eigenvalue weighted by molar-refractivity contribution is 6.31. The number of ether oxygens (including phenoxy) is 3.